The van der Waals surface area contributed by atoms with Gasteiger partial charge in [0.05, 0.1) is 17.1 Å². The number of hydrogen-bond acceptors (Lipinski definition) is 4. The lowest BCUT2D eigenvalue weighted by Gasteiger charge is -2.35. The molecule has 1 aliphatic rings. The monoisotopic (exact) mass is 299 g/mol. The molecule has 0 spiro atoms. The molecule has 0 aliphatic carbocycles. The van der Waals surface area contributed by atoms with Crippen LogP contribution in [0, 0.1) is 0 Å². The summed E-state index contributed by atoms with van der Waals surface area (Å²) in [6.07, 6.45) is 1.30. The van der Waals surface area contributed by atoms with E-state index in [1.165, 1.54) is 4.31 Å². The highest BCUT2D eigenvalue weighted by Gasteiger charge is 2.35. The number of nitrogens with zero attached hydrogens (tertiary/aromatic N) is 1. The first-order valence-corrected chi connectivity index (χ1v) is 8.24. The van der Waals surface area contributed by atoms with E-state index >= 15 is 0 Å². The highest BCUT2D eigenvalue weighted by atomic mass is 32.2. The van der Waals surface area contributed by atoms with Gasteiger partial charge in [0.25, 0.3) is 0 Å². The summed E-state index contributed by atoms with van der Waals surface area (Å²) in [5, 5.41) is 10.0. The normalized spacial score (nSPS) is 24.6. The second-order valence-corrected chi connectivity index (χ2v) is 7.28. The molecule has 1 unspecified atom stereocenters. The molecule has 2 rings (SSSR count). The quantitative estimate of drug-likeness (QED) is 0.917. The number of aliphatic hydroxyl groups is 1. The molecule has 1 aliphatic heterocycles. The summed E-state index contributed by atoms with van der Waals surface area (Å²) >= 11 is 0. The van der Waals surface area contributed by atoms with Gasteiger partial charge in [0.1, 0.15) is 5.75 Å². The van der Waals surface area contributed by atoms with Gasteiger partial charge in [-0.1, -0.05) is 0 Å². The zero-order chi connectivity index (χ0) is 14.8. The number of sulfonamides is 1. The minimum absolute atomic E-state index is 0.141. The summed E-state index contributed by atoms with van der Waals surface area (Å²) in [6.45, 7) is 4.68. The minimum atomic E-state index is -3.55. The van der Waals surface area contributed by atoms with Crippen LogP contribution in [0.2, 0.25) is 0 Å². The maximum Gasteiger partial charge on any atom is 0.243 e. The molecule has 0 bridgehead atoms. The largest absolute Gasteiger partial charge is 0.494 e. The van der Waals surface area contributed by atoms with Crippen LogP contribution >= 0.6 is 0 Å². The van der Waals surface area contributed by atoms with E-state index in [-0.39, 0.29) is 11.4 Å². The lowest BCUT2D eigenvalue weighted by atomic mass is 9.97. The highest BCUT2D eigenvalue weighted by Crippen LogP contribution is 2.26. The predicted octanol–water partition coefficient (Wildman–Crippen LogP) is 1.62. The van der Waals surface area contributed by atoms with Gasteiger partial charge in [-0.25, -0.2) is 8.42 Å². The number of rotatable bonds is 4. The average molecular weight is 299 g/mol. The Bertz CT molecular complexity index is 551. The highest BCUT2D eigenvalue weighted by molar-refractivity contribution is 7.89. The molecule has 1 fully saturated rings. The molecule has 0 saturated carbocycles. The first-order valence-electron chi connectivity index (χ1n) is 6.80. The van der Waals surface area contributed by atoms with E-state index in [1.807, 2.05) is 6.92 Å². The number of ether oxygens (including phenoxy) is 1. The lowest BCUT2D eigenvalue weighted by Crippen LogP contribution is -2.48. The van der Waals surface area contributed by atoms with Gasteiger partial charge in [-0.2, -0.15) is 4.31 Å². The first-order chi connectivity index (χ1) is 9.35. The van der Waals surface area contributed by atoms with E-state index < -0.39 is 15.6 Å². The molecule has 1 saturated heterocycles. The van der Waals surface area contributed by atoms with Gasteiger partial charge in [0.2, 0.25) is 10.0 Å². The van der Waals surface area contributed by atoms with Crippen molar-refractivity contribution in [2.75, 3.05) is 19.7 Å². The zero-order valence-electron chi connectivity index (χ0n) is 11.9. The molecular formula is C14H21NO4S. The molecule has 1 atom stereocenters. The Hall–Kier alpha value is -1.11. The van der Waals surface area contributed by atoms with Crippen molar-refractivity contribution in [1.29, 1.82) is 0 Å². The van der Waals surface area contributed by atoms with Crippen LogP contribution < -0.4 is 4.74 Å². The fourth-order valence-electron chi connectivity index (χ4n) is 2.40. The Morgan fingerprint density at radius 3 is 2.55 bits per heavy atom. The van der Waals surface area contributed by atoms with Crippen LogP contribution in [-0.4, -0.2) is 43.1 Å². The topological polar surface area (TPSA) is 66.8 Å². The summed E-state index contributed by atoms with van der Waals surface area (Å²) in [5.41, 5.74) is -0.948. The third-order valence-electron chi connectivity index (χ3n) is 3.41. The summed E-state index contributed by atoms with van der Waals surface area (Å²) in [6, 6.07) is 6.39. The minimum Gasteiger partial charge on any atom is -0.494 e. The van der Waals surface area contributed by atoms with Crippen molar-refractivity contribution in [1.82, 2.24) is 4.31 Å². The van der Waals surface area contributed by atoms with Crippen molar-refractivity contribution < 1.29 is 18.3 Å². The molecule has 0 radical (unpaired) electrons. The van der Waals surface area contributed by atoms with Gasteiger partial charge >= 0.3 is 0 Å². The molecule has 1 N–H and O–H groups in total. The van der Waals surface area contributed by atoms with Crippen LogP contribution in [0.3, 0.4) is 0 Å². The molecule has 1 aromatic carbocycles. The summed E-state index contributed by atoms with van der Waals surface area (Å²) in [5.74, 6) is 0.650. The van der Waals surface area contributed by atoms with Gasteiger partial charge in [-0.15, -0.1) is 0 Å². The molecule has 1 aromatic rings. The van der Waals surface area contributed by atoms with Crippen LogP contribution in [-0.2, 0) is 10.0 Å². The van der Waals surface area contributed by atoms with Gasteiger partial charge < -0.3 is 9.84 Å². The van der Waals surface area contributed by atoms with Crippen LogP contribution in [0.25, 0.3) is 0 Å². The fraction of sp³-hybridized carbons (Fsp3) is 0.571. The molecule has 6 heteroatoms. The van der Waals surface area contributed by atoms with Gasteiger partial charge in [-0.05, 0) is 51.0 Å². The van der Waals surface area contributed by atoms with Gasteiger partial charge in [-0.3, -0.25) is 0 Å². The molecule has 5 nitrogen and oxygen atoms in total. The van der Waals surface area contributed by atoms with Crippen molar-refractivity contribution in [3.63, 3.8) is 0 Å². The van der Waals surface area contributed by atoms with E-state index in [0.29, 0.717) is 31.7 Å². The Kier molecular flexibility index (Phi) is 4.36. The van der Waals surface area contributed by atoms with Crippen molar-refractivity contribution >= 4 is 10.0 Å². The van der Waals surface area contributed by atoms with Crippen molar-refractivity contribution in [2.45, 2.75) is 37.2 Å². The zero-order valence-corrected chi connectivity index (χ0v) is 12.7. The Labute approximate surface area is 120 Å². The maximum absolute atomic E-state index is 12.5. The van der Waals surface area contributed by atoms with E-state index in [9.17, 15) is 13.5 Å². The average Bonchev–Trinajstić information content (AvgIpc) is 2.38. The molecule has 1 heterocycles. The van der Waals surface area contributed by atoms with Crippen molar-refractivity contribution in [2.24, 2.45) is 0 Å². The second-order valence-electron chi connectivity index (χ2n) is 5.34. The lowest BCUT2D eigenvalue weighted by molar-refractivity contribution is 0.00940. The van der Waals surface area contributed by atoms with Gasteiger partial charge in [0, 0.05) is 13.1 Å². The van der Waals surface area contributed by atoms with Crippen molar-refractivity contribution in [3.8, 4) is 5.75 Å². The van der Waals surface area contributed by atoms with Crippen LogP contribution in [0.1, 0.15) is 26.7 Å². The fourth-order valence-corrected chi connectivity index (χ4v) is 4.00. The Morgan fingerprint density at radius 2 is 2.00 bits per heavy atom. The summed E-state index contributed by atoms with van der Waals surface area (Å²) < 4.78 is 31.7. The van der Waals surface area contributed by atoms with Crippen LogP contribution in [0.15, 0.2) is 29.2 Å². The van der Waals surface area contributed by atoms with Crippen LogP contribution in [0.4, 0.5) is 0 Å². The third-order valence-corrected chi connectivity index (χ3v) is 5.27. The number of β-amino-alcohol motifs (C(OH)–C–C–N with tert-alkyl or cyclic N) is 1. The smallest absolute Gasteiger partial charge is 0.243 e. The number of benzene rings is 1. The van der Waals surface area contributed by atoms with E-state index in [1.54, 1.807) is 31.2 Å². The third kappa shape index (κ3) is 3.31. The van der Waals surface area contributed by atoms with Crippen LogP contribution in [0.5, 0.6) is 5.75 Å². The molecule has 20 heavy (non-hydrogen) atoms. The number of piperidine rings is 1. The predicted molar refractivity (Wildman–Crippen MR) is 76.2 cm³/mol. The molecule has 112 valence electrons. The van der Waals surface area contributed by atoms with E-state index in [4.69, 9.17) is 4.74 Å². The second kappa shape index (κ2) is 5.71. The molecule has 0 aromatic heterocycles. The van der Waals surface area contributed by atoms with Crippen molar-refractivity contribution in [3.05, 3.63) is 24.3 Å². The summed E-state index contributed by atoms with van der Waals surface area (Å²) in [4.78, 5) is 0.235. The molecular weight excluding hydrogens is 278 g/mol. The Morgan fingerprint density at radius 1 is 1.35 bits per heavy atom. The SMILES string of the molecule is CCOc1ccc(S(=O)(=O)N2CCCC(C)(O)C2)cc1. The van der Waals surface area contributed by atoms with E-state index in [2.05, 4.69) is 0 Å². The van der Waals surface area contributed by atoms with Gasteiger partial charge in [0.15, 0.2) is 0 Å². The Balaban J connectivity index is 2.21. The first kappa shape index (κ1) is 15.3. The number of hydrogen-bond donors (Lipinski definition) is 1. The van der Waals surface area contributed by atoms with E-state index in [0.717, 1.165) is 0 Å². The summed E-state index contributed by atoms with van der Waals surface area (Å²) in [7, 11) is -3.55. The standard InChI is InChI=1S/C14H21NO4S/c1-3-19-12-5-7-13(8-6-12)20(17,18)15-10-4-9-14(2,16)11-15/h5-8,16H,3-4,9-11H2,1-2H3. The maximum atomic E-state index is 12.5. The molecule has 0 amide bonds.